The van der Waals surface area contributed by atoms with Gasteiger partial charge in [-0.1, -0.05) is 0 Å². The van der Waals surface area contributed by atoms with E-state index in [1.165, 1.54) is 5.75 Å². The second-order valence-electron chi connectivity index (χ2n) is 3.41. The number of hydrogen-bond donors (Lipinski definition) is 1. The van der Waals surface area contributed by atoms with E-state index in [4.69, 9.17) is 5.73 Å². The first-order valence-corrected chi connectivity index (χ1v) is 5.79. The Morgan fingerprint density at radius 3 is 3.21 bits per heavy atom. The highest BCUT2D eigenvalue weighted by atomic mass is 32.2. The molecule has 0 bridgehead atoms. The molecule has 1 fully saturated rings. The van der Waals surface area contributed by atoms with Crippen LogP contribution in [-0.2, 0) is 0 Å². The third-order valence-corrected chi connectivity index (χ3v) is 3.41. The van der Waals surface area contributed by atoms with Crippen molar-refractivity contribution in [3.63, 3.8) is 0 Å². The smallest absolute Gasteiger partial charge is 0.148 e. The van der Waals surface area contributed by atoms with Crippen LogP contribution in [0.2, 0.25) is 0 Å². The van der Waals surface area contributed by atoms with Gasteiger partial charge in [0.1, 0.15) is 11.6 Å². The molecular formula is C9H14N4S. The first-order chi connectivity index (χ1) is 6.77. The zero-order chi connectivity index (χ0) is 9.97. The maximum atomic E-state index is 5.63. The summed E-state index contributed by atoms with van der Waals surface area (Å²) in [6.45, 7) is 1.09. The van der Waals surface area contributed by atoms with Crippen molar-refractivity contribution in [2.45, 2.75) is 6.04 Å². The van der Waals surface area contributed by atoms with Gasteiger partial charge in [-0.05, 0) is 13.1 Å². The minimum Gasteiger partial charge on any atom is -0.384 e. The summed E-state index contributed by atoms with van der Waals surface area (Å²) in [4.78, 5) is 10.8. The van der Waals surface area contributed by atoms with Crippen LogP contribution in [0, 0.1) is 0 Å². The molecule has 1 aromatic rings. The van der Waals surface area contributed by atoms with Gasteiger partial charge in [0.25, 0.3) is 0 Å². The zero-order valence-corrected chi connectivity index (χ0v) is 9.00. The number of anilines is 1. The summed E-state index contributed by atoms with van der Waals surface area (Å²) in [5, 5.41) is 0. The highest BCUT2D eigenvalue weighted by Crippen LogP contribution is 2.25. The van der Waals surface area contributed by atoms with Gasteiger partial charge in [-0.15, -0.1) is 0 Å². The lowest BCUT2D eigenvalue weighted by molar-refractivity contribution is 0.264. The number of nitrogen functional groups attached to an aromatic ring is 1. The Balaban J connectivity index is 2.20. The lowest BCUT2D eigenvalue weighted by atomic mass is 10.2. The number of thioether (sulfide) groups is 1. The quantitative estimate of drug-likeness (QED) is 0.742. The van der Waals surface area contributed by atoms with Crippen LogP contribution in [0.5, 0.6) is 0 Å². The Kier molecular flexibility index (Phi) is 2.88. The summed E-state index contributed by atoms with van der Waals surface area (Å²) in [5.74, 6) is 3.65. The van der Waals surface area contributed by atoms with Crippen LogP contribution in [0.15, 0.2) is 12.3 Å². The van der Waals surface area contributed by atoms with Crippen molar-refractivity contribution in [1.29, 1.82) is 0 Å². The van der Waals surface area contributed by atoms with Gasteiger partial charge in [-0.25, -0.2) is 9.97 Å². The molecule has 1 aromatic heterocycles. The fourth-order valence-corrected chi connectivity index (χ4v) is 2.72. The topological polar surface area (TPSA) is 55.0 Å². The Bertz CT molecular complexity index is 317. The van der Waals surface area contributed by atoms with Crippen LogP contribution in [0.3, 0.4) is 0 Å². The largest absolute Gasteiger partial charge is 0.384 e. The van der Waals surface area contributed by atoms with Crippen LogP contribution in [0.4, 0.5) is 5.82 Å². The number of rotatable bonds is 1. The molecule has 0 saturated carbocycles. The molecular weight excluding hydrogens is 196 g/mol. The van der Waals surface area contributed by atoms with E-state index in [0.29, 0.717) is 11.9 Å². The van der Waals surface area contributed by atoms with E-state index in [2.05, 4.69) is 21.9 Å². The second kappa shape index (κ2) is 4.14. The van der Waals surface area contributed by atoms with Gasteiger partial charge in [0.2, 0.25) is 0 Å². The Morgan fingerprint density at radius 2 is 2.50 bits per heavy atom. The van der Waals surface area contributed by atoms with Gasteiger partial charge >= 0.3 is 0 Å². The molecule has 1 aliphatic heterocycles. The predicted molar refractivity (Wildman–Crippen MR) is 59.1 cm³/mol. The SMILES string of the molecule is CN1CCSCC1c1nccc(N)n1. The van der Waals surface area contributed by atoms with Gasteiger partial charge in [0.05, 0.1) is 6.04 Å². The molecule has 2 rings (SSSR count). The summed E-state index contributed by atoms with van der Waals surface area (Å²) >= 11 is 1.94. The van der Waals surface area contributed by atoms with Crippen molar-refractivity contribution in [2.24, 2.45) is 0 Å². The van der Waals surface area contributed by atoms with Crippen molar-refractivity contribution in [1.82, 2.24) is 14.9 Å². The fraction of sp³-hybridized carbons (Fsp3) is 0.556. The van der Waals surface area contributed by atoms with E-state index in [-0.39, 0.29) is 0 Å². The molecule has 2 heterocycles. The maximum Gasteiger partial charge on any atom is 0.148 e. The van der Waals surface area contributed by atoms with Crippen LogP contribution in [-0.4, -0.2) is 40.0 Å². The molecule has 5 heteroatoms. The lowest BCUT2D eigenvalue weighted by Crippen LogP contribution is -2.33. The summed E-state index contributed by atoms with van der Waals surface area (Å²) in [7, 11) is 2.11. The molecule has 76 valence electrons. The molecule has 0 radical (unpaired) electrons. The fourth-order valence-electron chi connectivity index (χ4n) is 1.51. The molecule has 1 aliphatic rings. The van der Waals surface area contributed by atoms with Gasteiger partial charge in [-0.2, -0.15) is 11.8 Å². The lowest BCUT2D eigenvalue weighted by Gasteiger charge is -2.30. The minimum atomic E-state index is 0.317. The van der Waals surface area contributed by atoms with Gasteiger partial charge in [0.15, 0.2) is 0 Å². The molecule has 0 aromatic carbocycles. The van der Waals surface area contributed by atoms with Gasteiger partial charge in [0, 0.05) is 24.2 Å². The van der Waals surface area contributed by atoms with Crippen molar-refractivity contribution >= 4 is 17.6 Å². The normalized spacial score (nSPS) is 23.6. The van der Waals surface area contributed by atoms with Crippen molar-refractivity contribution in [2.75, 3.05) is 30.8 Å². The monoisotopic (exact) mass is 210 g/mol. The third-order valence-electron chi connectivity index (χ3n) is 2.39. The van der Waals surface area contributed by atoms with E-state index < -0.39 is 0 Å². The van der Waals surface area contributed by atoms with Gasteiger partial charge in [-0.3, -0.25) is 4.90 Å². The predicted octanol–water partition coefficient (Wildman–Crippen LogP) is 0.778. The summed E-state index contributed by atoms with van der Waals surface area (Å²) < 4.78 is 0. The second-order valence-corrected chi connectivity index (χ2v) is 4.56. The molecule has 1 unspecified atom stereocenters. The third kappa shape index (κ3) is 1.99. The zero-order valence-electron chi connectivity index (χ0n) is 8.18. The van der Waals surface area contributed by atoms with Crippen molar-refractivity contribution < 1.29 is 0 Å². The number of nitrogens with zero attached hydrogens (tertiary/aromatic N) is 3. The van der Waals surface area contributed by atoms with Crippen LogP contribution in [0.25, 0.3) is 0 Å². The minimum absolute atomic E-state index is 0.317. The number of hydrogen-bond acceptors (Lipinski definition) is 5. The Hall–Kier alpha value is -0.810. The summed E-state index contributed by atoms with van der Waals surface area (Å²) in [6.07, 6.45) is 1.73. The summed E-state index contributed by atoms with van der Waals surface area (Å²) in [5.41, 5.74) is 5.63. The average molecular weight is 210 g/mol. The molecule has 4 nitrogen and oxygen atoms in total. The first-order valence-electron chi connectivity index (χ1n) is 4.64. The van der Waals surface area contributed by atoms with Gasteiger partial charge < -0.3 is 5.73 Å². The van der Waals surface area contributed by atoms with Crippen molar-refractivity contribution in [3.05, 3.63) is 18.1 Å². The first kappa shape index (κ1) is 9.73. The number of nitrogens with two attached hydrogens (primary N) is 1. The molecule has 14 heavy (non-hydrogen) atoms. The van der Waals surface area contributed by atoms with Crippen molar-refractivity contribution in [3.8, 4) is 0 Å². The molecule has 0 spiro atoms. The standard InChI is InChI=1S/C9H14N4S/c1-13-4-5-14-6-7(13)9-11-3-2-8(10)12-9/h2-3,7H,4-6H2,1H3,(H2,10,11,12). The molecule has 0 aliphatic carbocycles. The highest BCUT2D eigenvalue weighted by molar-refractivity contribution is 7.99. The molecule has 2 N–H and O–H groups in total. The summed E-state index contributed by atoms with van der Waals surface area (Å²) in [6, 6.07) is 2.04. The molecule has 1 saturated heterocycles. The Morgan fingerprint density at radius 1 is 1.64 bits per heavy atom. The number of aromatic nitrogens is 2. The van der Waals surface area contributed by atoms with Crippen LogP contribution in [0.1, 0.15) is 11.9 Å². The average Bonchev–Trinajstić information content (AvgIpc) is 2.18. The van der Waals surface area contributed by atoms with E-state index >= 15 is 0 Å². The molecule has 1 atom stereocenters. The Labute approximate surface area is 87.9 Å². The van der Waals surface area contributed by atoms with Crippen LogP contribution >= 0.6 is 11.8 Å². The van der Waals surface area contributed by atoms with E-state index in [9.17, 15) is 0 Å². The van der Waals surface area contributed by atoms with E-state index in [0.717, 1.165) is 18.1 Å². The van der Waals surface area contributed by atoms with E-state index in [1.807, 2.05) is 11.8 Å². The van der Waals surface area contributed by atoms with E-state index in [1.54, 1.807) is 12.3 Å². The molecule has 0 amide bonds. The highest BCUT2D eigenvalue weighted by Gasteiger charge is 2.23. The van der Waals surface area contributed by atoms with Crippen LogP contribution < -0.4 is 5.73 Å². The maximum absolute atomic E-state index is 5.63.